The molecule has 1 aliphatic heterocycles. The van der Waals surface area contributed by atoms with Gasteiger partial charge in [0.15, 0.2) is 11.3 Å². The maximum Gasteiger partial charge on any atom is 0.416 e. The van der Waals surface area contributed by atoms with Gasteiger partial charge in [0, 0.05) is 20.1 Å². The Bertz CT molecular complexity index is 1060. The summed E-state index contributed by atoms with van der Waals surface area (Å²) < 4.78 is 40.5. The molecule has 0 spiro atoms. The highest BCUT2D eigenvalue weighted by molar-refractivity contribution is 5.79. The van der Waals surface area contributed by atoms with Crippen molar-refractivity contribution < 1.29 is 23.4 Å². The Labute approximate surface area is 158 Å². The van der Waals surface area contributed by atoms with E-state index in [0.29, 0.717) is 36.3 Å². The normalized spacial score (nSPS) is 16.5. The molecule has 4 rings (SSSR count). The van der Waals surface area contributed by atoms with Crippen LogP contribution in [-0.2, 0) is 13.2 Å². The standard InChI is InChI=1S/C18H18F3N5O2/c1-9-4-10(18(19,20)21)5-11(27)13(9)15-24-14-16(25(15)3)22-6-12(23-14)26-7-17(2,28)8-26/h4-6,27-28H,7-8H2,1-3H3. The second-order valence-corrected chi connectivity index (χ2v) is 7.41. The fraction of sp³-hybridized carbons (Fsp3) is 0.389. The molecular weight excluding hydrogens is 375 g/mol. The number of β-amino-alcohol motifs (C(OH)–C–C–N with tert-alkyl or cyclic N) is 1. The number of aliphatic hydroxyl groups is 1. The Morgan fingerprint density at radius 3 is 2.43 bits per heavy atom. The number of nitrogens with zero attached hydrogens (tertiary/aromatic N) is 5. The number of hydrogen-bond donors (Lipinski definition) is 2. The lowest BCUT2D eigenvalue weighted by atomic mass is 9.97. The molecule has 28 heavy (non-hydrogen) atoms. The Morgan fingerprint density at radius 2 is 1.86 bits per heavy atom. The average molecular weight is 393 g/mol. The van der Waals surface area contributed by atoms with Gasteiger partial charge in [0.05, 0.1) is 22.9 Å². The van der Waals surface area contributed by atoms with E-state index in [9.17, 15) is 23.4 Å². The summed E-state index contributed by atoms with van der Waals surface area (Å²) in [5.74, 6) is 0.313. The smallest absolute Gasteiger partial charge is 0.416 e. The van der Waals surface area contributed by atoms with Crippen LogP contribution in [0.2, 0.25) is 0 Å². The largest absolute Gasteiger partial charge is 0.507 e. The maximum atomic E-state index is 13.0. The first-order valence-electron chi connectivity index (χ1n) is 8.54. The van der Waals surface area contributed by atoms with Crippen LogP contribution in [0.1, 0.15) is 18.1 Å². The van der Waals surface area contributed by atoms with Gasteiger partial charge in [-0.15, -0.1) is 0 Å². The van der Waals surface area contributed by atoms with Gasteiger partial charge in [-0.05, 0) is 31.5 Å². The first-order valence-corrected chi connectivity index (χ1v) is 8.54. The van der Waals surface area contributed by atoms with Gasteiger partial charge < -0.3 is 19.7 Å². The number of hydrogen-bond acceptors (Lipinski definition) is 6. The minimum Gasteiger partial charge on any atom is -0.507 e. The predicted octanol–water partition coefficient (Wildman–Crippen LogP) is 2.63. The highest BCUT2D eigenvalue weighted by atomic mass is 19.4. The SMILES string of the molecule is Cc1cc(C(F)(F)F)cc(O)c1-c1nc2nc(N3CC(C)(O)C3)cnc2n1C. The molecule has 0 bridgehead atoms. The summed E-state index contributed by atoms with van der Waals surface area (Å²) in [4.78, 5) is 15.0. The lowest BCUT2D eigenvalue weighted by Crippen LogP contribution is -2.60. The van der Waals surface area contributed by atoms with E-state index in [-0.39, 0.29) is 17.0 Å². The third-order valence-corrected chi connectivity index (χ3v) is 4.82. The number of anilines is 1. The van der Waals surface area contributed by atoms with Gasteiger partial charge in [0.1, 0.15) is 17.4 Å². The van der Waals surface area contributed by atoms with E-state index in [0.717, 1.165) is 6.07 Å². The van der Waals surface area contributed by atoms with Gasteiger partial charge >= 0.3 is 6.18 Å². The molecule has 0 radical (unpaired) electrons. The van der Waals surface area contributed by atoms with E-state index in [1.807, 2.05) is 4.90 Å². The monoisotopic (exact) mass is 393 g/mol. The van der Waals surface area contributed by atoms with E-state index >= 15 is 0 Å². The van der Waals surface area contributed by atoms with Crippen molar-refractivity contribution in [2.45, 2.75) is 25.6 Å². The molecule has 0 atom stereocenters. The topological polar surface area (TPSA) is 87.3 Å². The third-order valence-electron chi connectivity index (χ3n) is 4.82. The zero-order valence-electron chi connectivity index (χ0n) is 15.4. The molecule has 1 fully saturated rings. The molecule has 1 aliphatic rings. The van der Waals surface area contributed by atoms with Crippen LogP contribution in [0.15, 0.2) is 18.3 Å². The van der Waals surface area contributed by atoms with Gasteiger partial charge in [0.2, 0.25) is 0 Å². The predicted molar refractivity (Wildman–Crippen MR) is 96.0 cm³/mol. The average Bonchev–Trinajstić information content (AvgIpc) is 2.87. The molecule has 10 heteroatoms. The number of halogens is 3. The van der Waals surface area contributed by atoms with Crippen LogP contribution in [0.4, 0.5) is 19.0 Å². The van der Waals surface area contributed by atoms with Crippen molar-refractivity contribution in [3.63, 3.8) is 0 Å². The van der Waals surface area contributed by atoms with Crippen molar-refractivity contribution in [3.8, 4) is 17.1 Å². The fourth-order valence-electron chi connectivity index (χ4n) is 3.49. The van der Waals surface area contributed by atoms with Crippen molar-refractivity contribution in [1.82, 2.24) is 19.5 Å². The highest BCUT2D eigenvalue weighted by Crippen LogP contribution is 2.39. The van der Waals surface area contributed by atoms with Gasteiger partial charge in [-0.25, -0.2) is 15.0 Å². The molecule has 1 saturated heterocycles. The molecule has 0 aliphatic carbocycles. The minimum absolute atomic E-state index is 0.198. The molecule has 2 aromatic heterocycles. The van der Waals surface area contributed by atoms with E-state index in [4.69, 9.17) is 0 Å². The molecule has 2 N–H and O–H groups in total. The van der Waals surface area contributed by atoms with Crippen LogP contribution >= 0.6 is 0 Å². The second kappa shape index (κ2) is 5.81. The van der Waals surface area contributed by atoms with E-state index < -0.39 is 23.1 Å². The Morgan fingerprint density at radius 1 is 1.18 bits per heavy atom. The Hall–Kier alpha value is -2.88. The molecule has 1 aromatic carbocycles. The van der Waals surface area contributed by atoms with E-state index in [1.165, 1.54) is 6.92 Å². The first-order chi connectivity index (χ1) is 13.0. The number of phenolic OH excluding ortho intramolecular Hbond substituents is 1. The molecule has 0 unspecified atom stereocenters. The summed E-state index contributed by atoms with van der Waals surface area (Å²) in [5.41, 5.74) is -0.512. The van der Waals surface area contributed by atoms with E-state index in [2.05, 4.69) is 15.0 Å². The van der Waals surface area contributed by atoms with Crippen molar-refractivity contribution in [1.29, 1.82) is 0 Å². The zero-order chi connectivity index (χ0) is 20.4. The molecular formula is C18H18F3N5O2. The van der Waals surface area contributed by atoms with Crippen LogP contribution in [0.5, 0.6) is 5.75 Å². The lowest BCUT2D eigenvalue weighted by molar-refractivity contribution is -0.137. The number of rotatable bonds is 2. The molecule has 0 saturated carbocycles. The Balaban J connectivity index is 1.79. The summed E-state index contributed by atoms with van der Waals surface area (Å²) in [5, 5.41) is 20.1. The molecule has 3 aromatic rings. The summed E-state index contributed by atoms with van der Waals surface area (Å²) in [7, 11) is 1.66. The number of aromatic hydroxyl groups is 1. The molecule has 0 amide bonds. The van der Waals surface area contributed by atoms with Crippen LogP contribution in [0.3, 0.4) is 0 Å². The number of imidazole rings is 1. The first kappa shape index (κ1) is 18.5. The second-order valence-electron chi connectivity index (χ2n) is 7.41. The number of alkyl halides is 3. The van der Waals surface area contributed by atoms with Gasteiger partial charge in [-0.3, -0.25) is 0 Å². The van der Waals surface area contributed by atoms with Crippen LogP contribution in [0.25, 0.3) is 22.7 Å². The van der Waals surface area contributed by atoms with Crippen LogP contribution in [0, 0.1) is 6.92 Å². The summed E-state index contributed by atoms with van der Waals surface area (Å²) in [6.45, 7) is 4.06. The van der Waals surface area contributed by atoms with Crippen molar-refractivity contribution in [2.75, 3.05) is 18.0 Å². The number of phenols is 1. The van der Waals surface area contributed by atoms with E-state index in [1.54, 1.807) is 24.7 Å². The van der Waals surface area contributed by atoms with Gasteiger partial charge in [-0.2, -0.15) is 13.2 Å². The highest BCUT2D eigenvalue weighted by Gasteiger charge is 2.37. The van der Waals surface area contributed by atoms with Gasteiger partial charge in [-0.1, -0.05) is 0 Å². The fourth-order valence-corrected chi connectivity index (χ4v) is 3.49. The molecule has 148 valence electrons. The summed E-state index contributed by atoms with van der Waals surface area (Å²) in [6, 6.07) is 1.67. The number of aryl methyl sites for hydroxylation is 2. The Kier molecular flexibility index (Phi) is 3.83. The minimum atomic E-state index is -4.55. The number of fused-ring (bicyclic) bond motifs is 1. The quantitative estimate of drug-likeness (QED) is 0.696. The third kappa shape index (κ3) is 2.93. The number of aromatic nitrogens is 4. The van der Waals surface area contributed by atoms with Crippen molar-refractivity contribution >= 4 is 17.1 Å². The van der Waals surface area contributed by atoms with Gasteiger partial charge in [0.25, 0.3) is 0 Å². The zero-order valence-corrected chi connectivity index (χ0v) is 15.4. The van der Waals surface area contributed by atoms with Crippen molar-refractivity contribution in [2.24, 2.45) is 7.05 Å². The van der Waals surface area contributed by atoms with Crippen LogP contribution in [-0.4, -0.2) is 48.4 Å². The lowest BCUT2D eigenvalue weighted by Gasteiger charge is -2.44. The van der Waals surface area contributed by atoms with Crippen molar-refractivity contribution in [3.05, 3.63) is 29.5 Å². The summed E-state index contributed by atoms with van der Waals surface area (Å²) in [6.07, 6.45) is -2.99. The molecule has 7 nitrogen and oxygen atoms in total. The van der Waals surface area contributed by atoms with Crippen LogP contribution < -0.4 is 4.90 Å². The number of benzene rings is 1. The molecule has 3 heterocycles. The summed E-state index contributed by atoms with van der Waals surface area (Å²) >= 11 is 0. The maximum absolute atomic E-state index is 13.0.